The van der Waals surface area contributed by atoms with Crippen molar-refractivity contribution in [2.45, 2.75) is 91.5 Å². The van der Waals surface area contributed by atoms with Gasteiger partial charge in [0.1, 0.15) is 24.0 Å². The fourth-order valence-electron chi connectivity index (χ4n) is 6.76. The Labute approximate surface area is 302 Å². The van der Waals surface area contributed by atoms with Gasteiger partial charge in [0.05, 0.1) is 12.2 Å². The number of benzene rings is 1. The lowest BCUT2D eigenvalue weighted by Crippen LogP contribution is -2.44. The van der Waals surface area contributed by atoms with Gasteiger partial charge < -0.3 is 23.8 Å². The Kier molecular flexibility index (Phi) is 10.6. The van der Waals surface area contributed by atoms with Crippen molar-refractivity contribution in [2.75, 3.05) is 37.7 Å². The highest BCUT2D eigenvalue weighted by Gasteiger charge is 2.42. The van der Waals surface area contributed by atoms with Gasteiger partial charge in [0.25, 0.3) is 0 Å². The summed E-state index contributed by atoms with van der Waals surface area (Å²) in [6.45, 7) is 20.8. The van der Waals surface area contributed by atoms with Crippen LogP contribution in [-0.4, -0.2) is 98.6 Å². The van der Waals surface area contributed by atoms with Crippen LogP contribution in [0.15, 0.2) is 55.1 Å². The maximum atomic E-state index is 14.0. The summed E-state index contributed by atoms with van der Waals surface area (Å²) in [4.78, 5) is 41.9. The number of anilines is 1. The van der Waals surface area contributed by atoms with Gasteiger partial charge >= 0.3 is 12.1 Å². The molecule has 2 aliphatic heterocycles. The predicted molar refractivity (Wildman–Crippen MR) is 202 cm³/mol. The lowest BCUT2D eigenvalue weighted by atomic mass is 9.96. The number of hydrogen-bond acceptors (Lipinski definition) is 7. The molecule has 5 heterocycles. The molecular weight excluding hydrogens is 661 g/mol. The van der Waals surface area contributed by atoms with E-state index >= 15 is 0 Å². The number of hydrogen-bond donors (Lipinski definition) is 0. The first-order chi connectivity index (χ1) is 24.2. The van der Waals surface area contributed by atoms with E-state index in [4.69, 9.17) is 14.5 Å². The number of ether oxygens (including phenoxy) is 2. The molecule has 0 aliphatic carbocycles. The molecule has 0 radical (unpaired) electrons. The number of amides is 3. The Balaban J connectivity index is 1.15. The summed E-state index contributed by atoms with van der Waals surface area (Å²) < 4.78 is 15.4. The van der Waals surface area contributed by atoms with Crippen LogP contribution in [0.1, 0.15) is 47.5 Å². The van der Waals surface area contributed by atoms with Crippen LogP contribution in [0.4, 0.5) is 15.4 Å². The second kappa shape index (κ2) is 14.8. The van der Waals surface area contributed by atoms with Gasteiger partial charge in [-0.05, 0) is 63.1 Å². The van der Waals surface area contributed by atoms with Gasteiger partial charge in [-0.2, -0.15) is 5.10 Å². The Bertz CT molecular complexity index is 1820. The van der Waals surface area contributed by atoms with E-state index in [0.29, 0.717) is 50.3 Å². The minimum Gasteiger partial charge on any atom is -0.444 e. The largest absolute Gasteiger partial charge is 0.444 e. The van der Waals surface area contributed by atoms with E-state index in [1.807, 2.05) is 66.0 Å². The molecule has 3 aromatic heterocycles. The number of piperidine rings is 1. The molecule has 1 aromatic carbocycles. The monoisotopic (exact) mass is 714 g/mol. The van der Waals surface area contributed by atoms with Crippen molar-refractivity contribution in [1.82, 2.24) is 33.9 Å². The first-order valence-electron chi connectivity index (χ1n) is 18.3. The van der Waals surface area contributed by atoms with Crippen molar-refractivity contribution in [3.05, 3.63) is 55.1 Å². The van der Waals surface area contributed by atoms with Crippen LogP contribution in [0.2, 0.25) is 25.7 Å². The first kappa shape index (κ1) is 36.6. The van der Waals surface area contributed by atoms with E-state index in [9.17, 15) is 9.59 Å². The van der Waals surface area contributed by atoms with E-state index in [1.165, 1.54) is 0 Å². The molecule has 2 aliphatic rings. The molecule has 0 spiro atoms. The summed E-state index contributed by atoms with van der Waals surface area (Å²) in [7, 11) is -1.15. The molecule has 1 unspecified atom stereocenters. The van der Waals surface area contributed by atoms with Crippen molar-refractivity contribution < 1.29 is 19.1 Å². The number of carbonyl (C=O) groups excluding carboxylic acids is 2. The molecule has 12 nitrogen and oxygen atoms in total. The van der Waals surface area contributed by atoms with Crippen LogP contribution in [0, 0.1) is 11.8 Å². The lowest BCUT2D eigenvalue weighted by molar-refractivity contribution is 0.0175. The van der Waals surface area contributed by atoms with E-state index in [0.717, 1.165) is 48.0 Å². The number of likely N-dealkylation sites (tertiary alicyclic amines) is 1. The Morgan fingerprint density at radius 3 is 2.39 bits per heavy atom. The highest BCUT2D eigenvalue weighted by atomic mass is 28.3. The summed E-state index contributed by atoms with van der Waals surface area (Å²) in [5.74, 6) is 2.05. The van der Waals surface area contributed by atoms with Gasteiger partial charge in [-0.25, -0.2) is 24.1 Å². The van der Waals surface area contributed by atoms with Crippen molar-refractivity contribution in [1.29, 1.82) is 0 Å². The van der Waals surface area contributed by atoms with Crippen LogP contribution in [-0.2, 0) is 16.2 Å². The van der Waals surface area contributed by atoms with Crippen molar-refractivity contribution >= 4 is 31.7 Å². The molecule has 6 rings (SSSR count). The van der Waals surface area contributed by atoms with E-state index in [2.05, 4.69) is 67.8 Å². The third kappa shape index (κ3) is 8.63. The van der Waals surface area contributed by atoms with Crippen LogP contribution in [0.5, 0.6) is 0 Å². The summed E-state index contributed by atoms with van der Waals surface area (Å²) in [6.07, 6.45) is 8.89. The number of imidazole rings is 1. The second-order valence-corrected chi connectivity index (χ2v) is 22.2. The molecule has 274 valence electrons. The van der Waals surface area contributed by atoms with Gasteiger partial charge in [-0.15, -0.1) is 0 Å². The van der Waals surface area contributed by atoms with Gasteiger partial charge in [-0.1, -0.05) is 57.8 Å². The smallest absolute Gasteiger partial charge is 0.410 e. The van der Waals surface area contributed by atoms with E-state index in [1.54, 1.807) is 9.42 Å². The second-order valence-electron chi connectivity index (χ2n) is 16.5. The number of aromatic nitrogens is 5. The van der Waals surface area contributed by atoms with Crippen molar-refractivity contribution in [3.63, 3.8) is 0 Å². The van der Waals surface area contributed by atoms with Crippen LogP contribution in [0.25, 0.3) is 28.2 Å². The summed E-state index contributed by atoms with van der Waals surface area (Å²) >= 11 is 0. The predicted octanol–water partition coefficient (Wildman–Crippen LogP) is 7.49. The number of fused-ring (bicyclic) bond motifs is 1. The van der Waals surface area contributed by atoms with Crippen LogP contribution < -0.4 is 4.90 Å². The molecule has 3 amide bonds. The molecule has 1 atom stereocenters. The van der Waals surface area contributed by atoms with E-state index < -0.39 is 13.7 Å². The lowest BCUT2D eigenvalue weighted by Gasteiger charge is -2.34. The van der Waals surface area contributed by atoms with Gasteiger partial charge in [0, 0.05) is 70.6 Å². The quantitative estimate of drug-likeness (QED) is 0.117. The molecule has 0 N–H and O–H groups in total. The number of urea groups is 1. The third-order valence-corrected chi connectivity index (χ3v) is 11.4. The van der Waals surface area contributed by atoms with Crippen LogP contribution in [0.3, 0.4) is 0 Å². The maximum Gasteiger partial charge on any atom is 0.410 e. The molecule has 51 heavy (non-hydrogen) atoms. The number of nitrogens with zero attached hydrogens (tertiary/aromatic N) is 8. The topological polar surface area (TPSA) is 110 Å². The highest BCUT2D eigenvalue weighted by Crippen LogP contribution is 2.32. The Morgan fingerprint density at radius 1 is 1.02 bits per heavy atom. The van der Waals surface area contributed by atoms with Gasteiger partial charge in [0.15, 0.2) is 5.65 Å². The number of rotatable bonds is 11. The summed E-state index contributed by atoms with van der Waals surface area (Å²) in [5.41, 5.74) is 3.05. The third-order valence-electron chi connectivity index (χ3n) is 9.73. The zero-order valence-electron chi connectivity index (χ0n) is 31.5. The van der Waals surface area contributed by atoms with Crippen molar-refractivity contribution in [2.24, 2.45) is 11.8 Å². The summed E-state index contributed by atoms with van der Waals surface area (Å²) in [5, 5.41) is 4.58. The summed E-state index contributed by atoms with van der Waals surface area (Å²) in [6, 6.07) is 11.2. The number of carbonyl (C=O) groups is 2. The maximum absolute atomic E-state index is 14.0. The molecule has 2 saturated heterocycles. The normalized spacial score (nSPS) is 17.7. The highest BCUT2D eigenvalue weighted by molar-refractivity contribution is 6.76. The van der Waals surface area contributed by atoms with Gasteiger partial charge in [-0.3, -0.25) is 4.90 Å². The Hall–Kier alpha value is -4.23. The SMILES string of the molecule is CC(C)C1CN(CC2CCN(C(=O)OC(C)(C)C)CC2)C(=O)N1c1ccn2ncc(-c3ccc(-c4nccn4COCC[Si](C)(C)C)cc3)c2n1. The van der Waals surface area contributed by atoms with E-state index in [-0.39, 0.29) is 24.1 Å². The Morgan fingerprint density at radius 2 is 1.73 bits per heavy atom. The zero-order valence-corrected chi connectivity index (χ0v) is 32.5. The molecular formula is C38H54N8O4Si. The molecule has 0 saturated carbocycles. The van der Waals surface area contributed by atoms with Crippen LogP contribution >= 0.6 is 0 Å². The average Bonchev–Trinajstić information content (AvgIpc) is 3.79. The standard InChI is InChI=1S/C38H54N8O4Si/c1-27(2)32-25-44(24-28-13-17-42(18-14-28)37(48)50-38(3,4)5)36(47)46(32)33-15-19-45-35(41-33)31(23-40-45)29-9-11-30(12-10-29)34-39-16-20-43(34)26-49-21-22-51(6,7)8/h9-12,15-16,19-20,23,27-28,32H,13-14,17-18,21-22,24-26H2,1-8H3. The van der Waals surface area contributed by atoms with Gasteiger partial charge in [0.2, 0.25) is 0 Å². The minimum atomic E-state index is -1.15. The molecule has 0 bridgehead atoms. The fraction of sp³-hybridized carbons (Fsp3) is 0.553. The van der Waals surface area contributed by atoms with Crippen molar-refractivity contribution in [3.8, 4) is 22.5 Å². The average molecular weight is 715 g/mol. The molecule has 2 fully saturated rings. The first-order valence-corrected chi connectivity index (χ1v) is 22.0. The minimum absolute atomic E-state index is 0.0109. The fourth-order valence-corrected chi connectivity index (χ4v) is 7.51. The molecule has 13 heteroatoms. The molecule has 4 aromatic rings. The zero-order chi connectivity index (χ0) is 36.5.